The van der Waals surface area contributed by atoms with Gasteiger partial charge >= 0.3 is 5.97 Å². The number of aromatic nitrogens is 1. The fraction of sp³-hybridized carbons (Fsp3) is 0.350. The topological polar surface area (TPSA) is 86.8 Å². The summed E-state index contributed by atoms with van der Waals surface area (Å²) in [6.45, 7) is 2.17. The predicted octanol–water partition coefficient (Wildman–Crippen LogP) is 2.80. The first-order valence-electron chi connectivity index (χ1n) is 9.08. The maximum absolute atomic E-state index is 12.0. The van der Waals surface area contributed by atoms with E-state index in [9.17, 15) is 9.59 Å². The minimum absolute atomic E-state index is 0.0354. The lowest BCUT2D eigenvalue weighted by atomic mass is 10.1. The van der Waals surface area contributed by atoms with E-state index in [2.05, 4.69) is 10.3 Å². The smallest absolute Gasteiger partial charge is 0.313 e. The highest BCUT2D eigenvalue weighted by atomic mass is 16.5. The number of rotatable bonds is 4. The van der Waals surface area contributed by atoms with Crippen molar-refractivity contribution in [2.24, 2.45) is 5.92 Å². The van der Waals surface area contributed by atoms with Gasteiger partial charge in [-0.25, -0.2) is 4.98 Å². The van der Waals surface area contributed by atoms with Crippen LogP contribution in [-0.2, 0) is 20.7 Å². The van der Waals surface area contributed by atoms with Crippen LogP contribution in [-0.4, -0.2) is 29.6 Å². The van der Waals surface area contributed by atoms with Crippen molar-refractivity contribution < 1.29 is 23.8 Å². The Balaban J connectivity index is 1.39. The molecule has 2 unspecified atom stereocenters. The van der Waals surface area contributed by atoms with Gasteiger partial charge in [-0.2, -0.15) is 0 Å². The van der Waals surface area contributed by atoms with Crippen LogP contribution < -0.4 is 14.8 Å². The Bertz CT molecular complexity index is 957. The molecule has 1 amide bonds. The minimum atomic E-state index is -0.225. The van der Waals surface area contributed by atoms with Gasteiger partial charge in [-0.05, 0) is 37.6 Å². The van der Waals surface area contributed by atoms with Crippen molar-refractivity contribution in [3.8, 4) is 17.2 Å². The Morgan fingerprint density at radius 2 is 2.22 bits per heavy atom. The molecule has 5 rings (SSSR count). The molecule has 7 heteroatoms. The molecule has 1 aromatic carbocycles. The van der Waals surface area contributed by atoms with Gasteiger partial charge in [0.05, 0.1) is 6.61 Å². The van der Waals surface area contributed by atoms with Crippen LogP contribution in [0.25, 0.3) is 0 Å². The van der Waals surface area contributed by atoms with Crippen LogP contribution in [0.3, 0.4) is 0 Å². The average molecular weight is 366 g/mol. The summed E-state index contributed by atoms with van der Waals surface area (Å²) in [5.74, 6) is 2.26. The van der Waals surface area contributed by atoms with Gasteiger partial charge in [0, 0.05) is 29.7 Å². The number of nitrogens with one attached hydrogen (secondary N) is 1. The Morgan fingerprint density at radius 3 is 3.07 bits per heavy atom. The van der Waals surface area contributed by atoms with Crippen molar-refractivity contribution in [3.63, 3.8) is 0 Å². The van der Waals surface area contributed by atoms with E-state index in [1.54, 1.807) is 19.2 Å². The third kappa shape index (κ3) is 2.61. The summed E-state index contributed by atoms with van der Waals surface area (Å²) in [6, 6.07) is 7.43. The fourth-order valence-electron chi connectivity index (χ4n) is 3.90. The zero-order chi connectivity index (χ0) is 18.5. The van der Waals surface area contributed by atoms with E-state index in [0.717, 1.165) is 16.9 Å². The van der Waals surface area contributed by atoms with Crippen LogP contribution in [0.4, 0.5) is 5.82 Å². The Hall–Kier alpha value is -3.09. The molecule has 138 valence electrons. The zero-order valence-electron chi connectivity index (χ0n) is 14.7. The largest absolute Gasteiger partial charge is 0.489 e. The Morgan fingerprint density at radius 1 is 1.33 bits per heavy atom. The standard InChI is InChI=1S/C20H18N2O5/c1-2-25-20(24)17-16-12-9-10(3-5-13(12)27-18(16)17)26-14-7-8-21-19-11(14)4-6-15(23)22-19/h3,5,7-9,16-18H,2,4,6H2,1H3,(H,21,22,23)/t16?,17-,18?/m0/s1. The van der Waals surface area contributed by atoms with E-state index in [1.165, 1.54) is 0 Å². The van der Waals surface area contributed by atoms with Gasteiger partial charge < -0.3 is 19.5 Å². The maximum atomic E-state index is 12.0. The molecule has 0 radical (unpaired) electrons. The lowest BCUT2D eigenvalue weighted by Gasteiger charge is -2.19. The highest BCUT2D eigenvalue weighted by Gasteiger charge is 2.63. The van der Waals surface area contributed by atoms with Crippen LogP contribution in [0.5, 0.6) is 17.2 Å². The number of pyridine rings is 1. The van der Waals surface area contributed by atoms with Gasteiger partial charge in [-0.3, -0.25) is 9.59 Å². The lowest BCUT2D eigenvalue weighted by molar-refractivity contribution is -0.145. The van der Waals surface area contributed by atoms with E-state index in [-0.39, 0.29) is 29.8 Å². The second-order valence-electron chi connectivity index (χ2n) is 6.87. The molecule has 3 heterocycles. The summed E-state index contributed by atoms with van der Waals surface area (Å²) in [4.78, 5) is 27.8. The number of amides is 1. The molecule has 3 aliphatic rings. The number of benzene rings is 1. The van der Waals surface area contributed by atoms with Gasteiger partial charge in [0.2, 0.25) is 5.91 Å². The molecule has 1 aliphatic carbocycles. The van der Waals surface area contributed by atoms with Crippen molar-refractivity contribution in [3.05, 3.63) is 41.6 Å². The number of anilines is 1. The number of hydrogen-bond acceptors (Lipinski definition) is 6. The van der Waals surface area contributed by atoms with Crippen molar-refractivity contribution >= 4 is 17.7 Å². The molecule has 27 heavy (non-hydrogen) atoms. The van der Waals surface area contributed by atoms with Crippen LogP contribution >= 0.6 is 0 Å². The fourth-order valence-corrected chi connectivity index (χ4v) is 3.90. The molecule has 0 spiro atoms. The van der Waals surface area contributed by atoms with Crippen molar-refractivity contribution in [1.82, 2.24) is 4.98 Å². The third-order valence-corrected chi connectivity index (χ3v) is 5.22. The van der Waals surface area contributed by atoms with Gasteiger partial charge in [0.15, 0.2) is 0 Å². The first kappa shape index (κ1) is 16.1. The molecule has 0 bridgehead atoms. The highest BCUT2D eigenvalue weighted by Crippen LogP contribution is 2.59. The molecular weight excluding hydrogens is 348 g/mol. The molecule has 1 saturated carbocycles. The lowest BCUT2D eigenvalue weighted by Crippen LogP contribution is -2.20. The molecule has 1 aromatic heterocycles. The first-order valence-corrected chi connectivity index (χ1v) is 9.08. The van der Waals surface area contributed by atoms with Crippen molar-refractivity contribution in [1.29, 1.82) is 0 Å². The van der Waals surface area contributed by atoms with Gasteiger partial charge in [-0.1, -0.05) is 0 Å². The van der Waals surface area contributed by atoms with Crippen LogP contribution in [0.1, 0.15) is 30.4 Å². The second kappa shape index (κ2) is 5.97. The molecular formula is C20H18N2O5. The molecule has 3 atom stereocenters. The summed E-state index contributed by atoms with van der Waals surface area (Å²) in [6.07, 6.45) is 2.49. The SMILES string of the molecule is CCOC(=O)[C@@H]1C2Oc3ccc(Oc4ccnc5c4CCC(=O)N5)cc3C21. The van der Waals surface area contributed by atoms with Crippen LogP contribution in [0.15, 0.2) is 30.5 Å². The molecule has 2 aliphatic heterocycles. The van der Waals surface area contributed by atoms with Crippen LogP contribution in [0, 0.1) is 5.92 Å². The summed E-state index contributed by atoms with van der Waals surface area (Å²) in [7, 11) is 0. The van der Waals surface area contributed by atoms with E-state index < -0.39 is 0 Å². The number of fused-ring (bicyclic) bond motifs is 4. The maximum Gasteiger partial charge on any atom is 0.313 e. The molecule has 7 nitrogen and oxygen atoms in total. The third-order valence-electron chi connectivity index (χ3n) is 5.22. The number of ether oxygens (including phenoxy) is 3. The van der Waals surface area contributed by atoms with E-state index in [1.807, 2.05) is 18.2 Å². The minimum Gasteiger partial charge on any atom is -0.489 e. The highest BCUT2D eigenvalue weighted by molar-refractivity contribution is 5.93. The average Bonchev–Trinajstić information content (AvgIpc) is 3.25. The molecule has 2 aromatic rings. The monoisotopic (exact) mass is 366 g/mol. The predicted molar refractivity (Wildman–Crippen MR) is 95.0 cm³/mol. The quantitative estimate of drug-likeness (QED) is 0.838. The molecule has 1 fully saturated rings. The molecule has 1 N–H and O–H groups in total. The number of esters is 1. The summed E-state index contributed by atoms with van der Waals surface area (Å²) < 4.78 is 17.1. The van der Waals surface area contributed by atoms with Crippen molar-refractivity contribution in [2.45, 2.75) is 31.8 Å². The van der Waals surface area contributed by atoms with Gasteiger partial charge in [0.25, 0.3) is 0 Å². The number of carbonyl (C=O) groups excluding carboxylic acids is 2. The second-order valence-corrected chi connectivity index (χ2v) is 6.87. The van der Waals surface area contributed by atoms with E-state index in [4.69, 9.17) is 14.2 Å². The summed E-state index contributed by atoms with van der Waals surface area (Å²) >= 11 is 0. The summed E-state index contributed by atoms with van der Waals surface area (Å²) in [5.41, 5.74) is 1.87. The normalized spacial score (nSPS) is 24.0. The number of carbonyl (C=O) groups is 2. The van der Waals surface area contributed by atoms with Crippen LogP contribution in [0.2, 0.25) is 0 Å². The van der Waals surface area contributed by atoms with Gasteiger partial charge in [-0.15, -0.1) is 0 Å². The van der Waals surface area contributed by atoms with Gasteiger partial charge in [0.1, 0.15) is 35.1 Å². The number of nitrogens with zero attached hydrogens (tertiary/aromatic N) is 1. The van der Waals surface area contributed by atoms with E-state index >= 15 is 0 Å². The van der Waals surface area contributed by atoms with Crippen molar-refractivity contribution in [2.75, 3.05) is 11.9 Å². The Labute approximate surface area is 155 Å². The Kier molecular flexibility index (Phi) is 3.56. The number of hydrogen-bond donors (Lipinski definition) is 1. The molecule has 0 saturated heterocycles. The zero-order valence-corrected chi connectivity index (χ0v) is 14.7. The summed E-state index contributed by atoms with van der Waals surface area (Å²) in [5, 5.41) is 2.77. The first-order chi connectivity index (χ1) is 13.2. The van der Waals surface area contributed by atoms with E-state index in [0.29, 0.717) is 36.8 Å².